The maximum atomic E-state index is 12.7. The van der Waals surface area contributed by atoms with E-state index >= 15 is 0 Å². The van der Waals surface area contributed by atoms with Gasteiger partial charge in [-0.2, -0.15) is 0 Å². The van der Waals surface area contributed by atoms with E-state index in [1.165, 1.54) is 4.90 Å². The molecule has 1 atom stereocenters. The quantitative estimate of drug-likeness (QED) is 0.727. The molecular formula is C21H25N3O3. The standard InChI is InChI=1S/C21H25N3O3/c1-13-22-19-17(24(13)4)12-16(21(27)23(2)3)15(20(19)26)10-11-18(25)14-8-6-5-7-9-14/h5-9,12,18,25-26H,10-11H2,1-4H3. The van der Waals surface area contributed by atoms with Gasteiger partial charge in [-0.05, 0) is 31.4 Å². The van der Waals surface area contributed by atoms with Gasteiger partial charge in [-0.1, -0.05) is 30.3 Å². The van der Waals surface area contributed by atoms with Crippen molar-refractivity contribution in [3.05, 3.63) is 58.9 Å². The number of aryl methyl sites for hydroxylation is 2. The number of hydrogen-bond acceptors (Lipinski definition) is 4. The van der Waals surface area contributed by atoms with Gasteiger partial charge in [-0.25, -0.2) is 4.98 Å². The summed E-state index contributed by atoms with van der Waals surface area (Å²) in [5, 5.41) is 21.3. The van der Waals surface area contributed by atoms with Gasteiger partial charge in [0.1, 0.15) is 17.1 Å². The minimum atomic E-state index is -0.672. The van der Waals surface area contributed by atoms with E-state index < -0.39 is 6.10 Å². The summed E-state index contributed by atoms with van der Waals surface area (Å²) in [6.07, 6.45) is 0.0828. The molecule has 2 aromatic carbocycles. The Bertz CT molecular complexity index is 977. The van der Waals surface area contributed by atoms with Gasteiger partial charge in [0.15, 0.2) is 0 Å². The Labute approximate surface area is 158 Å². The minimum absolute atomic E-state index is 0.0154. The number of rotatable bonds is 5. The highest BCUT2D eigenvalue weighted by Gasteiger charge is 2.23. The molecule has 0 fully saturated rings. The lowest BCUT2D eigenvalue weighted by Crippen LogP contribution is -2.23. The van der Waals surface area contributed by atoms with Crippen LogP contribution in [0.3, 0.4) is 0 Å². The number of phenolic OH excluding ortho intramolecular Hbond substituents is 1. The third-order valence-corrected chi connectivity index (χ3v) is 4.97. The topological polar surface area (TPSA) is 78.6 Å². The summed E-state index contributed by atoms with van der Waals surface area (Å²) in [4.78, 5) is 18.6. The van der Waals surface area contributed by atoms with Crippen LogP contribution in [0.2, 0.25) is 0 Å². The third kappa shape index (κ3) is 3.53. The first kappa shape index (κ1) is 18.9. The summed E-state index contributed by atoms with van der Waals surface area (Å²) >= 11 is 0. The smallest absolute Gasteiger partial charge is 0.253 e. The molecule has 6 heteroatoms. The molecule has 1 amide bonds. The van der Waals surface area contributed by atoms with E-state index in [0.29, 0.717) is 35.0 Å². The van der Waals surface area contributed by atoms with Crippen molar-refractivity contribution >= 4 is 16.9 Å². The summed E-state index contributed by atoms with van der Waals surface area (Å²) in [6, 6.07) is 11.2. The summed E-state index contributed by atoms with van der Waals surface area (Å²) in [7, 11) is 5.22. The van der Waals surface area contributed by atoms with E-state index in [1.807, 2.05) is 48.9 Å². The predicted octanol–water partition coefficient (Wildman–Crippen LogP) is 2.96. The predicted molar refractivity (Wildman–Crippen MR) is 105 cm³/mol. The van der Waals surface area contributed by atoms with Gasteiger partial charge in [0.05, 0.1) is 11.6 Å². The molecule has 0 radical (unpaired) electrons. The van der Waals surface area contributed by atoms with Crippen LogP contribution >= 0.6 is 0 Å². The fourth-order valence-corrected chi connectivity index (χ4v) is 3.27. The fourth-order valence-electron chi connectivity index (χ4n) is 3.27. The van der Waals surface area contributed by atoms with Gasteiger partial charge in [0.25, 0.3) is 5.91 Å². The highest BCUT2D eigenvalue weighted by atomic mass is 16.3. The molecule has 3 aromatic rings. The average molecular weight is 367 g/mol. The van der Waals surface area contributed by atoms with E-state index in [-0.39, 0.29) is 11.7 Å². The number of aromatic hydroxyl groups is 1. The molecule has 6 nitrogen and oxygen atoms in total. The number of aliphatic hydroxyl groups is 1. The summed E-state index contributed by atoms with van der Waals surface area (Å²) in [5.74, 6) is 0.585. The lowest BCUT2D eigenvalue weighted by molar-refractivity contribution is 0.0825. The van der Waals surface area contributed by atoms with Crippen LogP contribution in [0.15, 0.2) is 36.4 Å². The zero-order chi connectivity index (χ0) is 19.7. The van der Waals surface area contributed by atoms with Crippen molar-refractivity contribution in [3.8, 4) is 5.75 Å². The molecule has 0 spiro atoms. The number of fused-ring (bicyclic) bond motifs is 1. The molecule has 27 heavy (non-hydrogen) atoms. The van der Waals surface area contributed by atoms with E-state index in [9.17, 15) is 15.0 Å². The normalized spacial score (nSPS) is 12.3. The molecule has 2 N–H and O–H groups in total. The lowest BCUT2D eigenvalue weighted by atomic mass is 9.96. The van der Waals surface area contributed by atoms with Crippen molar-refractivity contribution in [1.82, 2.24) is 14.5 Å². The van der Waals surface area contributed by atoms with Crippen molar-refractivity contribution in [1.29, 1.82) is 0 Å². The number of benzene rings is 2. The van der Waals surface area contributed by atoms with Gasteiger partial charge in [0, 0.05) is 32.3 Å². The number of aliphatic hydroxyl groups excluding tert-OH is 1. The van der Waals surface area contributed by atoms with Gasteiger partial charge >= 0.3 is 0 Å². The Morgan fingerprint density at radius 1 is 1.26 bits per heavy atom. The van der Waals surface area contributed by atoms with Gasteiger partial charge in [-0.3, -0.25) is 4.79 Å². The van der Waals surface area contributed by atoms with Crippen LogP contribution in [0, 0.1) is 6.92 Å². The van der Waals surface area contributed by atoms with Crippen LogP contribution in [0.1, 0.15) is 39.8 Å². The summed E-state index contributed by atoms with van der Waals surface area (Å²) in [5.41, 5.74) is 2.96. The Balaban J connectivity index is 2.03. The van der Waals surface area contributed by atoms with E-state index in [4.69, 9.17) is 0 Å². The first-order valence-electron chi connectivity index (χ1n) is 8.93. The van der Waals surface area contributed by atoms with Gasteiger partial charge in [0.2, 0.25) is 0 Å². The van der Waals surface area contributed by atoms with Crippen molar-refractivity contribution in [2.45, 2.75) is 25.9 Å². The van der Waals surface area contributed by atoms with Crippen molar-refractivity contribution in [2.24, 2.45) is 7.05 Å². The van der Waals surface area contributed by atoms with Crippen LogP contribution < -0.4 is 0 Å². The zero-order valence-corrected chi connectivity index (χ0v) is 16.1. The zero-order valence-electron chi connectivity index (χ0n) is 16.1. The number of imidazole rings is 1. The van der Waals surface area contributed by atoms with Crippen LogP contribution in [0.4, 0.5) is 0 Å². The number of aromatic nitrogens is 2. The largest absolute Gasteiger partial charge is 0.505 e. The molecule has 1 aromatic heterocycles. The number of phenols is 1. The number of nitrogens with zero attached hydrogens (tertiary/aromatic N) is 3. The van der Waals surface area contributed by atoms with Crippen molar-refractivity contribution in [2.75, 3.05) is 14.1 Å². The van der Waals surface area contributed by atoms with Gasteiger partial charge < -0.3 is 19.7 Å². The van der Waals surface area contributed by atoms with E-state index in [1.54, 1.807) is 20.2 Å². The Kier molecular flexibility index (Phi) is 5.19. The van der Waals surface area contributed by atoms with Crippen molar-refractivity contribution < 1.29 is 15.0 Å². The first-order chi connectivity index (χ1) is 12.8. The molecule has 0 saturated carbocycles. The molecule has 0 bridgehead atoms. The Morgan fingerprint density at radius 2 is 1.93 bits per heavy atom. The molecule has 142 valence electrons. The number of hydrogen-bond donors (Lipinski definition) is 2. The minimum Gasteiger partial charge on any atom is -0.505 e. The third-order valence-electron chi connectivity index (χ3n) is 4.97. The SMILES string of the molecule is Cc1nc2c(O)c(CCC(O)c3ccccc3)c(C(=O)N(C)C)cc2n1C. The second-order valence-electron chi connectivity index (χ2n) is 7.00. The highest BCUT2D eigenvalue weighted by molar-refractivity contribution is 6.01. The maximum Gasteiger partial charge on any atom is 0.253 e. The molecule has 0 aliphatic rings. The highest BCUT2D eigenvalue weighted by Crippen LogP contribution is 2.34. The number of carbonyl (C=O) groups excluding carboxylic acids is 1. The van der Waals surface area contributed by atoms with Crippen LogP contribution in [0.5, 0.6) is 5.75 Å². The first-order valence-corrected chi connectivity index (χ1v) is 8.93. The maximum absolute atomic E-state index is 12.7. The summed E-state index contributed by atoms with van der Waals surface area (Å²) in [6.45, 7) is 1.85. The number of amides is 1. The monoisotopic (exact) mass is 367 g/mol. The van der Waals surface area contributed by atoms with Gasteiger partial charge in [-0.15, -0.1) is 0 Å². The van der Waals surface area contributed by atoms with Crippen LogP contribution in [-0.4, -0.2) is 44.7 Å². The second kappa shape index (κ2) is 7.40. The van der Waals surface area contributed by atoms with Crippen LogP contribution in [0.25, 0.3) is 11.0 Å². The molecular weight excluding hydrogens is 342 g/mol. The van der Waals surface area contributed by atoms with Crippen LogP contribution in [-0.2, 0) is 13.5 Å². The molecule has 0 saturated heterocycles. The fraction of sp³-hybridized carbons (Fsp3) is 0.333. The molecule has 1 unspecified atom stereocenters. The van der Waals surface area contributed by atoms with E-state index in [0.717, 1.165) is 11.4 Å². The molecule has 0 aliphatic heterocycles. The number of carbonyl (C=O) groups is 1. The average Bonchev–Trinajstić information content (AvgIpc) is 2.95. The molecule has 1 heterocycles. The molecule has 0 aliphatic carbocycles. The summed E-state index contributed by atoms with van der Waals surface area (Å²) < 4.78 is 1.85. The lowest BCUT2D eigenvalue weighted by Gasteiger charge is -2.17. The Hall–Kier alpha value is -2.86. The molecule has 3 rings (SSSR count). The van der Waals surface area contributed by atoms with Crippen molar-refractivity contribution in [3.63, 3.8) is 0 Å². The Morgan fingerprint density at radius 3 is 2.56 bits per heavy atom. The second-order valence-corrected chi connectivity index (χ2v) is 7.00. The van der Waals surface area contributed by atoms with E-state index in [2.05, 4.69) is 4.98 Å².